The molecule has 0 aliphatic heterocycles. The van der Waals surface area contributed by atoms with Crippen LogP contribution < -0.4 is 0 Å². The first-order valence-electron chi connectivity index (χ1n) is 3.51. The van der Waals surface area contributed by atoms with E-state index < -0.39 is 0 Å². The lowest BCUT2D eigenvalue weighted by Gasteiger charge is -2.00. The van der Waals surface area contributed by atoms with Gasteiger partial charge in [-0.25, -0.2) is 0 Å². The van der Waals surface area contributed by atoms with Crippen LogP contribution in [0.4, 0.5) is 0 Å². The van der Waals surface area contributed by atoms with E-state index in [0.29, 0.717) is 5.92 Å². The molecule has 1 aromatic heterocycles. The summed E-state index contributed by atoms with van der Waals surface area (Å²) in [5, 5.41) is 12.7. The van der Waals surface area contributed by atoms with Crippen LogP contribution in [0.5, 0.6) is 0 Å². The van der Waals surface area contributed by atoms with E-state index >= 15 is 0 Å². The molecule has 0 amide bonds. The number of halogens is 1. The van der Waals surface area contributed by atoms with Crippen LogP contribution in [0.15, 0.2) is 0 Å². The number of hydrogen-bond acceptors (Lipinski definition) is 3. The fourth-order valence-electron chi connectivity index (χ4n) is 0.771. The Morgan fingerprint density at radius 2 is 2.36 bits per heavy atom. The molecule has 0 N–H and O–H groups in total. The molecule has 0 saturated carbocycles. The van der Waals surface area contributed by atoms with Gasteiger partial charge in [0.1, 0.15) is 0 Å². The summed E-state index contributed by atoms with van der Waals surface area (Å²) in [7, 11) is 1.77. The molecule has 1 heterocycles. The number of aryl methyl sites for hydroxylation is 1. The molecule has 1 atom stereocenters. The summed E-state index contributed by atoms with van der Waals surface area (Å²) in [6, 6.07) is 0. The minimum absolute atomic E-state index is 0.569. The van der Waals surface area contributed by atoms with Gasteiger partial charge in [-0.05, 0) is 11.1 Å². The highest BCUT2D eigenvalue weighted by molar-refractivity contribution is 9.09. The number of tetrazole rings is 1. The third kappa shape index (κ3) is 2.57. The average Bonchev–Trinajstić information content (AvgIpc) is 2.35. The Bertz CT molecular complexity index is 222. The molecular weight excluding hydrogens is 208 g/mol. The molecule has 0 spiro atoms. The lowest BCUT2D eigenvalue weighted by molar-refractivity contribution is 0.611. The molecule has 0 fully saturated rings. The molecule has 0 saturated heterocycles. The van der Waals surface area contributed by atoms with Crippen molar-refractivity contribution in [2.45, 2.75) is 13.3 Å². The Morgan fingerprint density at radius 1 is 1.64 bits per heavy atom. The van der Waals surface area contributed by atoms with Crippen LogP contribution in [0.25, 0.3) is 0 Å². The van der Waals surface area contributed by atoms with Crippen molar-refractivity contribution in [1.82, 2.24) is 20.2 Å². The number of hydrogen-bond donors (Lipinski definition) is 0. The van der Waals surface area contributed by atoms with E-state index in [2.05, 4.69) is 38.3 Å². The Balaban J connectivity index is 2.50. The second-order valence-corrected chi connectivity index (χ2v) is 3.31. The summed E-state index contributed by atoms with van der Waals surface area (Å²) in [5.74, 6) is 1.39. The zero-order valence-electron chi connectivity index (χ0n) is 6.66. The number of nitrogens with zero attached hydrogens (tertiary/aromatic N) is 4. The van der Waals surface area contributed by atoms with Gasteiger partial charge in [-0.15, -0.1) is 10.2 Å². The quantitative estimate of drug-likeness (QED) is 0.705. The fourth-order valence-corrected chi connectivity index (χ4v) is 1.00. The zero-order valence-corrected chi connectivity index (χ0v) is 8.24. The average molecular weight is 219 g/mol. The van der Waals surface area contributed by atoms with E-state index in [9.17, 15) is 0 Å². The van der Waals surface area contributed by atoms with Crippen LogP contribution in [0.2, 0.25) is 0 Å². The molecule has 0 aliphatic carbocycles. The van der Waals surface area contributed by atoms with Crippen LogP contribution in [0, 0.1) is 5.92 Å². The first kappa shape index (κ1) is 8.64. The highest BCUT2D eigenvalue weighted by Gasteiger charge is 2.05. The van der Waals surface area contributed by atoms with Crippen molar-refractivity contribution in [3.8, 4) is 0 Å². The maximum absolute atomic E-state index is 4.07. The van der Waals surface area contributed by atoms with Gasteiger partial charge in [0.05, 0.1) is 7.05 Å². The summed E-state index contributed by atoms with van der Waals surface area (Å²) in [6.45, 7) is 2.14. The Hall–Kier alpha value is -0.450. The van der Waals surface area contributed by atoms with E-state index in [1.165, 1.54) is 4.80 Å². The number of aromatic nitrogens is 4. The lowest BCUT2D eigenvalue weighted by Crippen LogP contribution is -2.02. The van der Waals surface area contributed by atoms with Gasteiger partial charge in [0.2, 0.25) is 0 Å². The van der Waals surface area contributed by atoms with E-state index in [4.69, 9.17) is 0 Å². The summed E-state index contributed by atoms with van der Waals surface area (Å²) >= 11 is 3.40. The van der Waals surface area contributed by atoms with Gasteiger partial charge in [0.25, 0.3) is 0 Å². The van der Waals surface area contributed by atoms with Crippen LogP contribution >= 0.6 is 15.9 Å². The molecule has 11 heavy (non-hydrogen) atoms. The summed E-state index contributed by atoms with van der Waals surface area (Å²) in [6.07, 6.45) is 0.888. The van der Waals surface area contributed by atoms with Crippen LogP contribution in [-0.4, -0.2) is 25.5 Å². The minimum atomic E-state index is 0.569. The molecule has 1 unspecified atom stereocenters. The van der Waals surface area contributed by atoms with E-state index in [0.717, 1.165) is 17.6 Å². The van der Waals surface area contributed by atoms with Crippen molar-refractivity contribution >= 4 is 15.9 Å². The standard InChI is InChI=1S/C6H11BrN4/c1-5(4-7)3-6-8-10-11(2)9-6/h5H,3-4H2,1-2H3. The van der Waals surface area contributed by atoms with Crippen LogP contribution in [0.3, 0.4) is 0 Å². The second-order valence-electron chi connectivity index (χ2n) is 2.66. The molecule has 5 heteroatoms. The van der Waals surface area contributed by atoms with Crippen molar-refractivity contribution < 1.29 is 0 Å². The Morgan fingerprint density at radius 3 is 2.82 bits per heavy atom. The third-order valence-corrected chi connectivity index (χ3v) is 2.45. The lowest BCUT2D eigenvalue weighted by atomic mass is 10.1. The molecule has 0 aliphatic rings. The molecule has 4 nitrogen and oxygen atoms in total. The zero-order chi connectivity index (χ0) is 8.27. The van der Waals surface area contributed by atoms with Crippen molar-refractivity contribution in [3.63, 3.8) is 0 Å². The van der Waals surface area contributed by atoms with E-state index in [1.54, 1.807) is 7.05 Å². The van der Waals surface area contributed by atoms with Gasteiger partial charge in [0.15, 0.2) is 5.82 Å². The van der Waals surface area contributed by atoms with Gasteiger partial charge < -0.3 is 0 Å². The first-order chi connectivity index (χ1) is 5.22. The van der Waals surface area contributed by atoms with Crippen molar-refractivity contribution in [3.05, 3.63) is 5.82 Å². The van der Waals surface area contributed by atoms with Gasteiger partial charge in [0, 0.05) is 11.8 Å². The van der Waals surface area contributed by atoms with Gasteiger partial charge in [-0.1, -0.05) is 22.9 Å². The van der Waals surface area contributed by atoms with Crippen molar-refractivity contribution in [2.75, 3.05) is 5.33 Å². The highest BCUT2D eigenvalue weighted by Crippen LogP contribution is 2.05. The topological polar surface area (TPSA) is 43.6 Å². The normalized spacial score (nSPS) is 13.4. The number of alkyl halides is 1. The number of rotatable bonds is 3. The molecule has 0 radical (unpaired) electrons. The smallest absolute Gasteiger partial charge is 0.167 e. The monoisotopic (exact) mass is 218 g/mol. The summed E-state index contributed by atoms with van der Waals surface area (Å²) in [5.41, 5.74) is 0. The summed E-state index contributed by atoms with van der Waals surface area (Å²) in [4.78, 5) is 1.48. The SMILES string of the molecule is CC(CBr)Cc1nnn(C)n1. The van der Waals surface area contributed by atoms with Crippen LogP contribution in [-0.2, 0) is 13.5 Å². The molecular formula is C6H11BrN4. The van der Waals surface area contributed by atoms with Crippen molar-refractivity contribution in [1.29, 1.82) is 0 Å². The van der Waals surface area contributed by atoms with Crippen LogP contribution in [0.1, 0.15) is 12.7 Å². The molecule has 62 valence electrons. The largest absolute Gasteiger partial charge is 0.175 e. The molecule has 0 aromatic carbocycles. The second kappa shape index (κ2) is 3.80. The predicted octanol–water partition coefficient (Wildman–Crippen LogP) is 0.784. The fraction of sp³-hybridized carbons (Fsp3) is 0.833. The third-order valence-electron chi connectivity index (χ3n) is 1.34. The molecule has 1 rings (SSSR count). The molecule has 0 bridgehead atoms. The van der Waals surface area contributed by atoms with E-state index in [1.807, 2.05) is 0 Å². The predicted molar refractivity (Wildman–Crippen MR) is 45.5 cm³/mol. The highest BCUT2D eigenvalue weighted by atomic mass is 79.9. The van der Waals surface area contributed by atoms with Gasteiger partial charge >= 0.3 is 0 Å². The Kier molecular flexibility index (Phi) is 2.99. The maximum Gasteiger partial charge on any atom is 0.175 e. The minimum Gasteiger partial charge on any atom is -0.167 e. The summed E-state index contributed by atoms with van der Waals surface area (Å²) < 4.78 is 0. The van der Waals surface area contributed by atoms with Crippen molar-refractivity contribution in [2.24, 2.45) is 13.0 Å². The first-order valence-corrected chi connectivity index (χ1v) is 4.63. The van der Waals surface area contributed by atoms with Gasteiger partial charge in [-0.3, -0.25) is 0 Å². The van der Waals surface area contributed by atoms with Gasteiger partial charge in [-0.2, -0.15) is 4.80 Å². The Labute approximate surface area is 74.1 Å². The maximum atomic E-state index is 4.07. The molecule has 1 aromatic rings. The van der Waals surface area contributed by atoms with E-state index in [-0.39, 0.29) is 0 Å².